The van der Waals surface area contributed by atoms with E-state index in [0.29, 0.717) is 5.41 Å². The second kappa shape index (κ2) is 6.76. The highest BCUT2D eigenvalue weighted by atomic mass is 15.2. The summed E-state index contributed by atoms with van der Waals surface area (Å²) in [7, 11) is 6.61. The van der Waals surface area contributed by atoms with Gasteiger partial charge in [0.2, 0.25) is 0 Å². The van der Waals surface area contributed by atoms with Gasteiger partial charge in [0.15, 0.2) is 0 Å². The van der Waals surface area contributed by atoms with Crippen LogP contribution in [0.4, 0.5) is 0 Å². The molecule has 2 rings (SSSR count). The van der Waals surface area contributed by atoms with Gasteiger partial charge < -0.3 is 15.1 Å². The van der Waals surface area contributed by atoms with Crippen molar-refractivity contribution in [1.29, 1.82) is 0 Å². The van der Waals surface area contributed by atoms with Gasteiger partial charge in [0.25, 0.3) is 0 Å². The van der Waals surface area contributed by atoms with Crippen LogP contribution in [-0.2, 0) is 0 Å². The summed E-state index contributed by atoms with van der Waals surface area (Å²) in [6.07, 6.45) is 6.83. The van der Waals surface area contributed by atoms with Gasteiger partial charge >= 0.3 is 0 Å². The molecule has 20 heavy (non-hydrogen) atoms. The average molecular weight is 281 g/mol. The van der Waals surface area contributed by atoms with Gasteiger partial charge in [-0.3, -0.25) is 0 Å². The number of nitrogens with zero attached hydrogens (tertiary/aromatic N) is 2. The molecule has 1 saturated heterocycles. The molecule has 0 aromatic rings. The quantitative estimate of drug-likeness (QED) is 0.854. The minimum Gasteiger partial charge on any atom is -0.317 e. The van der Waals surface area contributed by atoms with Crippen molar-refractivity contribution in [2.75, 3.05) is 40.8 Å². The summed E-state index contributed by atoms with van der Waals surface area (Å²) >= 11 is 0. The van der Waals surface area contributed by atoms with Gasteiger partial charge in [0.1, 0.15) is 0 Å². The molecule has 1 aliphatic carbocycles. The number of rotatable bonds is 4. The Morgan fingerprint density at radius 1 is 1.25 bits per heavy atom. The number of hydrogen-bond acceptors (Lipinski definition) is 3. The third kappa shape index (κ3) is 4.19. The zero-order valence-electron chi connectivity index (χ0n) is 14.3. The van der Waals surface area contributed by atoms with Crippen LogP contribution in [0.15, 0.2) is 0 Å². The van der Waals surface area contributed by atoms with E-state index in [4.69, 9.17) is 0 Å². The topological polar surface area (TPSA) is 18.5 Å². The Kier molecular flexibility index (Phi) is 5.49. The molecule has 2 aliphatic rings. The summed E-state index contributed by atoms with van der Waals surface area (Å²) < 4.78 is 0. The third-order valence-electron chi connectivity index (χ3n) is 5.59. The van der Waals surface area contributed by atoms with Crippen LogP contribution in [0, 0.1) is 11.3 Å². The lowest BCUT2D eigenvalue weighted by molar-refractivity contribution is 0.0716. The molecule has 1 N–H and O–H groups in total. The maximum atomic E-state index is 3.58. The van der Waals surface area contributed by atoms with Crippen LogP contribution >= 0.6 is 0 Å². The van der Waals surface area contributed by atoms with Gasteiger partial charge in [-0.05, 0) is 71.1 Å². The number of piperidine rings is 1. The van der Waals surface area contributed by atoms with Crippen molar-refractivity contribution in [3.63, 3.8) is 0 Å². The second-order valence-corrected chi connectivity index (χ2v) is 8.08. The first-order chi connectivity index (χ1) is 9.41. The molecule has 1 heterocycles. The minimum absolute atomic E-state index is 0.536. The summed E-state index contributed by atoms with van der Waals surface area (Å²) in [5, 5.41) is 3.58. The van der Waals surface area contributed by atoms with Gasteiger partial charge in [-0.1, -0.05) is 13.8 Å². The van der Waals surface area contributed by atoms with Crippen LogP contribution in [0.1, 0.15) is 46.0 Å². The molecule has 0 aromatic carbocycles. The highest BCUT2D eigenvalue weighted by Crippen LogP contribution is 2.39. The summed E-state index contributed by atoms with van der Waals surface area (Å²) in [5.74, 6) is 0.824. The molecule has 0 spiro atoms. The smallest absolute Gasteiger partial charge is 0.0217 e. The Morgan fingerprint density at radius 3 is 2.65 bits per heavy atom. The zero-order chi connectivity index (χ0) is 14.8. The first-order valence-corrected chi connectivity index (χ1v) is 8.47. The molecule has 3 unspecified atom stereocenters. The van der Waals surface area contributed by atoms with E-state index in [0.717, 1.165) is 18.0 Å². The number of hydrogen-bond donors (Lipinski definition) is 1. The highest BCUT2D eigenvalue weighted by molar-refractivity contribution is 4.91. The number of likely N-dealkylation sites (tertiary alicyclic amines) is 1. The highest BCUT2D eigenvalue weighted by Gasteiger charge is 2.35. The Hall–Kier alpha value is -0.120. The fourth-order valence-corrected chi connectivity index (χ4v) is 4.26. The van der Waals surface area contributed by atoms with Crippen LogP contribution in [0.2, 0.25) is 0 Å². The van der Waals surface area contributed by atoms with Crippen molar-refractivity contribution in [2.45, 2.75) is 58.0 Å². The molecule has 3 nitrogen and oxygen atoms in total. The van der Waals surface area contributed by atoms with Gasteiger partial charge in [-0.2, -0.15) is 0 Å². The molecule has 0 radical (unpaired) electrons. The Labute approximate surface area is 126 Å². The first-order valence-electron chi connectivity index (χ1n) is 8.47. The van der Waals surface area contributed by atoms with E-state index >= 15 is 0 Å². The van der Waals surface area contributed by atoms with Crippen LogP contribution in [0.3, 0.4) is 0 Å². The predicted octanol–water partition coefficient (Wildman–Crippen LogP) is 2.43. The second-order valence-electron chi connectivity index (χ2n) is 8.08. The van der Waals surface area contributed by atoms with Crippen LogP contribution < -0.4 is 5.32 Å². The zero-order valence-corrected chi connectivity index (χ0v) is 14.3. The van der Waals surface area contributed by atoms with E-state index in [2.05, 4.69) is 50.1 Å². The largest absolute Gasteiger partial charge is 0.317 e. The van der Waals surface area contributed by atoms with E-state index in [-0.39, 0.29) is 0 Å². The molecule has 0 aromatic heterocycles. The average Bonchev–Trinajstić information content (AvgIpc) is 2.38. The molecule has 0 bridgehead atoms. The maximum absolute atomic E-state index is 3.58. The number of nitrogens with one attached hydrogen (secondary N) is 1. The van der Waals surface area contributed by atoms with Crippen LogP contribution in [0.25, 0.3) is 0 Å². The van der Waals surface area contributed by atoms with Gasteiger partial charge in [-0.15, -0.1) is 0 Å². The van der Waals surface area contributed by atoms with Crippen molar-refractivity contribution >= 4 is 0 Å². The van der Waals surface area contributed by atoms with Crippen LogP contribution in [-0.4, -0.2) is 62.7 Å². The van der Waals surface area contributed by atoms with Crippen molar-refractivity contribution in [3.8, 4) is 0 Å². The Morgan fingerprint density at radius 2 is 2.00 bits per heavy atom. The fourth-order valence-electron chi connectivity index (χ4n) is 4.26. The lowest BCUT2D eigenvalue weighted by Gasteiger charge is -2.44. The minimum atomic E-state index is 0.536. The van der Waals surface area contributed by atoms with Crippen molar-refractivity contribution in [1.82, 2.24) is 15.1 Å². The SMILES string of the molecule is CNC1CCC(C)(C)CC1CN1CCCC(N(C)C)C1. The predicted molar refractivity (Wildman–Crippen MR) is 87.1 cm³/mol. The molecule has 2 fully saturated rings. The van der Waals surface area contributed by atoms with Crippen molar-refractivity contribution in [3.05, 3.63) is 0 Å². The summed E-state index contributed by atoms with van der Waals surface area (Å²) in [5.41, 5.74) is 0.536. The fraction of sp³-hybridized carbons (Fsp3) is 1.00. The third-order valence-corrected chi connectivity index (χ3v) is 5.59. The lowest BCUT2D eigenvalue weighted by Crippen LogP contribution is -2.51. The molecular formula is C17H35N3. The van der Waals surface area contributed by atoms with E-state index in [1.54, 1.807) is 0 Å². The summed E-state index contributed by atoms with van der Waals surface area (Å²) in [6.45, 7) is 8.76. The maximum Gasteiger partial charge on any atom is 0.0217 e. The standard InChI is InChI=1S/C17H35N3/c1-17(2)9-8-16(18-3)14(11-17)12-20-10-6-7-15(13-20)19(4)5/h14-16,18H,6-13H2,1-5H3. The van der Waals surface area contributed by atoms with Crippen molar-refractivity contribution < 1.29 is 0 Å². The van der Waals surface area contributed by atoms with Gasteiger partial charge in [0.05, 0.1) is 0 Å². The Bertz CT molecular complexity index is 301. The molecule has 1 saturated carbocycles. The van der Waals surface area contributed by atoms with Gasteiger partial charge in [-0.25, -0.2) is 0 Å². The van der Waals surface area contributed by atoms with E-state index in [1.807, 2.05) is 0 Å². The molecule has 1 aliphatic heterocycles. The number of likely N-dealkylation sites (N-methyl/N-ethyl adjacent to an activating group) is 1. The molecule has 3 heteroatoms. The van der Waals surface area contributed by atoms with E-state index < -0.39 is 0 Å². The normalized spacial score (nSPS) is 35.4. The van der Waals surface area contributed by atoms with Crippen LogP contribution in [0.5, 0.6) is 0 Å². The monoisotopic (exact) mass is 281 g/mol. The Balaban J connectivity index is 1.92. The molecular weight excluding hydrogens is 246 g/mol. The van der Waals surface area contributed by atoms with Gasteiger partial charge in [0, 0.05) is 25.2 Å². The lowest BCUT2D eigenvalue weighted by atomic mass is 9.69. The molecule has 118 valence electrons. The molecule has 0 amide bonds. The first kappa shape index (κ1) is 16.3. The van der Waals surface area contributed by atoms with E-state index in [9.17, 15) is 0 Å². The molecule has 3 atom stereocenters. The van der Waals surface area contributed by atoms with E-state index in [1.165, 1.54) is 51.7 Å². The summed E-state index contributed by atoms with van der Waals surface area (Å²) in [6, 6.07) is 1.48. The van der Waals surface area contributed by atoms with Crippen molar-refractivity contribution in [2.24, 2.45) is 11.3 Å². The summed E-state index contributed by atoms with van der Waals surface area (Å²) in [4.78, 5) is 5.14.